The molecular formula is C20H17N5. The first-order valence-electron chi connectivity index (χ1n) is 8.16. The summed E-state index contributed by atoms with van der Waals surface area (Å²) in [5.74, 6) is 1.48. The van der Waals surface area contributed by atoms with Crippen LogP contribution in [0.1, 0.15) is 18.7 Å². The van der Waals surface area contributed by atoms with Crippen LogP contribution < -0.4 is 5.32 Å². The average Bonchev–Trinajstić information content (AvgIpc) is 2.69. The lowest BCUT2D eigenvalue weighted by molar-refractivity contribution is 0.833. The molecule has 0 aliphatic carbocycles. The van der Waals surface area contributed by atoms with Gasteiger partial charge in [0.25, 0.3) is 0 Å². The molecule has 0 bridgehead atoms. The minimum Gasteiger partial charge on any atom is -0.361 e. The summed E-state index contributed by atoms with van der Waals surface area (Å²) in [6.45, 7) is 2.07. The van der Waals surface area contributed by atoms with Gasteiger partial charge in [-0.05, 0) is 43.3 Å². The first-order chi connectivity index (χ1) is 12.3. The van der Waals surface area contributed by atoms with Gasteiger partial charge in [-0.25, -0.2) is 9.97 Å². The van der Waals surface area contributed by atoms with Crippen LogP contribution in [-0.2, 0) is 0 Å². The van der Waals surface area contributed by atoms with Crippen LogP contribution in [0.3, 0.4) is 0 Å². The van der Waals surface area contributed by atoms with Gasteiger partial charge in [-0.3, -0.25) is 9.97 Å². The number of benzene rings is 1. The predicted molar refractivity (Wildman–Crippen MR) is 99.0 cm³/mol. The van der Waals surface area contributed by atoms with Gasteiger partial charge in [-0.1, -0.05) is 18.2 Å². The number of pyridine rings is 2. The third-order valence-corrected chi connectivity index (χ3v) is 4.03. The molecule has 1 N–H and O–H groups in total. The molecule has 0 saturated heterocycles. The van der Waals surface area contributed by atoms with Gasteiger partial charge in [-0.15, -0.1) is 0 Å². The second-order valence-electron chi connectivity index (χ2n) is 5.77. The second-order valence-corrected chi connectivity index (χ2v) is 5.77. The molecule has 0 saturated carbocycles. The van der Waals surface area contributed by atoms with E-state index >= 15 is 0 Å². The van der Waals surface area contributed by atoms with Crippen molar-refractivity contribution in [3.8, 4) is 11.4 Å². The zero-order chi connectivity index (χ0) is 17.1. The highest BCUT2D eigenvalue weighted by molar-refractivity contribution is 5.90. The predicted octanol–water partition coefficient (Wildman–Crippen LogP) is 4.26. The number of nitrogens with one attached hydrogen (secondary N) is 1. The molecule has 0 unspecified atom stereocenters. The molecule has 4 rings (SSSR count). The normalized spacial score (nSPS) is 12.0. The van der Waals surface area contributed by atoms with Crippen LogP contribution in [-0.4, -0.2) is 19.9 Å². The van der Waals surface area contributed by atoms with E-state index in [-0.39, 0.29) is 6.04 Å². The summed E-state index contributed by atoms with van der Waals surface area (Å²) in [5.41, 5.74) is 2.81. The van der Waals surface area contributed by atoms with Crippen molar-refractivity contribution in [3.05, 3.63) is 78.9 Å². The fraction of sp³-hybridized carbons (Fsp3) is 0.100. The Balaban J connectivity index is 1.79. The summed E-state index contributed by atoms with van der Waals surface area (Å²) in [4.78, 5) is 17.9. The molecule has 0 spiro atoms. The molecule has 5 nitrogen and oxygen atoms in total. The largest absolute Gasteiger partial charge is 0.361 e. The van der Waals surface area contributed by atoms with Crippen molar-refractivity contribution in [1.29, 1.82) is 0 Å². The fourth-order valence-corrected chi connectivity index (χ4v) is 2.73. The van der Waals surface area contributed by atoms with Crippen molar-refractivity contribution in [2.45, 2.75) is 13.0 Å². The number of hydrogen-bond donors (Lipinski definition) is 1. The molecule has 0 fully saturated rings. The summed E-state index contributed by atoms with van der Waals surface area (Å²) in [6, 6.07) is 17.8. The molecule has 122 valence electrons. The van der Waals surface area contributed by atoms with E-state index in [4.69, 9.17) is 9.97 Å². The highest BCUT2D eigenvalue weighted by Gasteiger charge is 2.13. The number of rotatable bonds is 4. The van der Waals surface area contributed by atoms with Crippen LogP contribution in [0.5, 0.6) is 0 Å². The Morgan fingerprint density at radius 1 is 0.840 bits per heavy atom. The van der Waals surface area contributed by atoms with E-state index in [1.165, 1.54) is 0 Å². The van der Waals surface area contributed by atoms with Crippen LogP contribution in [0.15, 0.2) is 73.2 Å². The summed E-state index contributed by atoms with van der Waals surface area (Å²) in [6.07, 6.45) is 5.29. The van der Waals surface area contributed by atoms with E-state index in [0.717, 1.165) is 28.0 Å². The molecule has 5 heteroatoms. The Hall–Kier alpha value is -3.34. The van der Waals surface area contributed by atoms with Gasteiger partial charge in [0.2, 0.25) is 0 Å². The van der Waals surface area contributed by atoms with E-state index in [2.05, 4.69) is 22.2 Å². The van der Waals surface area contributed by atoms with Crippen LogP contribution in [0, 0.1) is 0 Å². The number of nitrogens with zero attached hydrogens (tertiary/aromatic N) is 4. The van der Waals surface area contributed by atoms with E-state index in [9.17, 15) is 0 Å². The van der Waals surface area contributed by atoms with Crippen molar-refractivity contribution >= 4 is 16.7 Å². The maximum Gasteiger partial charge on any atom is 0.162 e. The van der Waals surface area contributed by atoms with E-state index < -0.39 is 0 Å². The van der Waals surface area contributed by atoms with E-state index in [1.807, 2.05) is 54.6 Å². The number of hydrogen-bond acceptors (Lipinski definition) is 5. The lowest BCUT2D eigenvalue weighted by Crippen LogP contribution is -2.10. The maximum absolute atomic E-state index is 4.76. The second kappa shape index (κ2) is 6.65. The van der Waals surface area contributed by atoms with Crippen LogP contribution in [0.2, 0.25) is 0 Å². The van der Waals surface area contributed by atoms with Crippen LogP contribution in [0.25, 0.3) is 22.3 Å². The molecule has 0 aliphatic rings. The molecule has 0 radical (unpaired) electrons. The zero-order valence-corrected chi connectivity index (χ0v) is 13.8. The van der Waals surface area contributed by atoms with Gasteiger partial charge < -0.3 is 5.32 Å². The van der Waals surface area contributed by atoms with Crippen molar-refractivity contribution in [2.75, 3.05) is 5.32 Å². The number of anilines is 1. The van der Waals surface area contributed by atoms with Crippen molar-refractivity contribution in [1.82, 2.24) is 19.9 Å². The lowest BCUT2D eigenvalue weighted by Gasteiger charge is -2.16. The zero-order valence-electron chi connectivity index (χ0n) is 13.8. The third-order valence-electron chi connectivity index (χ3n) is 4.03. The topological polar surface area (TPSA) is 63.6 Å². The Morgan fingerprint density at radius 2 is 1.64 bits per heavy atom. The molecule has 3 heterocycles. The highest BCUT2D eigenvalue weighted by atomic mass is 15.1. The minimum atomic E-state index is 0.0322. The van der Waals surface area contributed by atoms with Gasteiger partial charge in [0.1, 0.15) is 5.82 Å². The Kier molecular flexibility index (Phi) is 4.04. The molecular weight excluding hydrogens is 310 g/mol. The van der Waals surface area contributed by atoms with E-state index in [1.54, 1.807) is 18.6 Å². The first kappa shape index (κ1) is 15.2. The molecule has 4 aromatic rings. The van der Waals surface area contributed by atoms with Crippen molar-refractivity contribution in [3.63, 3.8) is 0 Å². The highest BCUT2D eigenvalue weighted by Crippen LogP contribution is 2.27. The summed E-state index contributed by atoms with van der Waals surface area (Å²) in [5, 5.41) is 4.47. The third kappa shape index (κ3) is 3.17. The van der Waals surface area contributed by atoms with Crippen LogP contribution >= 0.6 is 0 Å². The van der Waals surface area contributed by atoms with Gasteiger partial charge >= 0.3 is 0 Å². The maximum atomic E-state index is 4.76. The molecule has 3 aromatic heterocycles. The standard InChI is InChI=1S/C20H17N5/c1-14(17-7-4-5-11-22-17)23-20-16-6-2-3-8-18(16)24-19(25-20)15-9-12-21-13-10-15/h2-14H,1H3,(H,23,24,25)/t14-/m1/s1. The smallest absolute Gasteiger partial charge is 0.162 e. The molecule has 1 aromatic carbocycles. The monoisotopic (exact) mass is 327 g/mol. The Bertz CT molecular complexity index is 987. The van der Waals surface area contributed by atoms with Crippen molar-refractivity contribution < 1.29 is 0 Å². The van der Waals surface area contributed by atoms with Gasteiger partial charge in [0, 0.05) is 29.5 Å². The van der Waals surface area contributed by atoms with Gasteiger partial charge in [0.15, 0.2) is 5.82 Å². The molecule has 0 aliphatic heterocycles. The molecule has 0 amide bonds. The molecule has 1 atom stereocenters. The van der Waals surface area contributed by atoms with Gasteiger partial charge in [-0.2, -0.15) is 0 Å². The minimum absolute atomic E-state index is 0.0322. The Morgan fingerprint density at radius 3 is 2.44 bits per heavy atom. The number of aromatic nitrogens is 4. The fourth-order valence-electron chi connectivity index (χ4n) is 2.73. The summed E-state index contributed by atoms with van der Waals surface area (Å²) >= 11 is 0. The van der Waals surface area contributed by atoms with Gasteiger partial charge in [0.05, 0.1) is 17.3 Å². The van der Waals surface area contributed by atoms with Crippen molar-refractivity contribution in [2.24, 2.45) is 0 Å². The van der Waals surface area contributed by atoms with Crippen LogP contribution in [0.4, 0.5) is 5.82 Å². The molecule has 25 heavy (non-hydrogen) atoms. The SMILES string of the molecule is C[C@@H](Nc1nc(-c2ccncc2)nc2ccccc12)c1ccccn1. The average molecular weight is 327 g/mol. The quantitative estimate of drug-likeness (QED) is 0.607. The lowest BCUT2D eigenvalue weighted by atomic mass is 10.1. The summed E-state index contributed by atoms with van der Waals surface area (Å²) in [7, 11) is 0. The number of para-hydroxylation sites is 1. The number of fused-ring (bicyclic) bond motifs is 1. The Labute approximate surface area is 145 Å². The first-order valence-corrected chi connectivity index (χ1v) is 8.16. The van der Waals surface area contributed by atoms with E-state index in [0.29, 0.717) is 5.82 Å². The summed E-state index contributed by atoms with van der Waals surface area (Å²) < 4.78 is 0.